The normalized spacial score (nSPS) is 16.1. The zero-order valence-electron chi connectivity index (χ0n) is 20.1. The van der Waals surface area contributed by atoms with E-state index in [0.717, 1.165) is 46.3 Å². The summed E-state index contributed by atoms with van der Waals surface area (Å²) in [5, 5.41) is 12.1. The van der Waals surface area contributed by atoms with Crippen LogP contribution >= 0.6 is 22.9 Å². The van der Waals surface area contributed by atoms with Crippen molar-refractivity contribution in [2.75, 3.05) is 0 Å². The van der Waals surface area contributed by atoms with Gasteiger partial charge in [-0.25, -0.2) is 9.38 Å². The number of benzene rings is 2. The summed E-state index contributed by atoms with van der Waals surface area (Å²) in [6.07, 6.45) is 6.87. The van der Waals surface area contributed by atoms with Gasteiger partial charge in [-0.15, -0.1) is 11.3 Å². The van der Waals surface area contributed by atoms with Crippen molar-refractivity contribution < 1.29 is 4.39 Å². The van der Waals surface area contributed by atoms with Gasteiger partial charge < -0.3 is 4.57 Å². The van der Waals surface area contributed by atoms with Gasteiger partial charge in [-0.3, -0.25) is 0 Å². The molecule has 2 aromatic heterocycles. The number of para-hydroxylation sites is 1. The van der Waals surface area contributed by atoms with Gasteiger partial charge in [0.05, 0.1) is 12.1 Å². The fraction of sp³-hybridized carbons (Fsp3) is 0.310. The molecule has 0 radical (unpaired) electrons. The summed E-state index contributed by atoms with van der Waals surface area (Å²) in [5.41, 5.74) is 4.52. The maximum atomic E-state index is 14.5. The van der Waals surface area contributed by atoms with Crippen molar-refractivity contribution in [1.29, 1.82) is 5.26 Å². The number of aliphatic imine (C=N–C) groups is 1. The second-order valence-electron chi connectivity index (χ2n) is 10.3. The van der Waals surface area contributed by atoms with Crippen LogP contribution < -0.4 is 0 Å². The Hall–Kier alpha value is -2.94. The number of hydrogen-bond acceptors (Lipinski definition) is 3. The monoisotopic (exact) mass is 503 g/mol. The van der Waals surface area contributed by atoms with E-state index in [1.54, 1.807) is 23.5 Å². The zero-order chi connectivity index (χ0) is 24.7. The molecule has 35 heavy (non-hydrogen) atoms. The highest BCUT2D eigenvalue weighted by Crippen LogP contribution is 2.45. The minimum Gasteiger partial charge on any atom is -0.342 e. The third kappa shape index (κ3) is 4.53. The number of thiophene rings is 1. The summed E-state index contributed by atoms with van der Waals surface area (Å²) < 4.78 is 16.5. The molecule has 1 aliphatic carbocycles. The van der Waals surface area contributed by atoms with E-state index in [1.165, 1.54) is 16.5 Å². The summed E-state index contributed by atoms with van der Waals surface area (Å²) in [5.74, 6) is 0.294. The van der Waals surface area contributed by atoms with Crippen LogP contribution in [0.4, 0.5) is 9.39 Å². The summed E-state index contributed by atoms with van der Waals surface area (Å²) >= 11 is 7.94. The molecule has 0 unspecified atom stereocenters. The molecule has 2 heterocycles. The van der Waals surface area contributed by atoms with Crippen LogP contribution in [0.2, 0.25) is 5.02 Å². The lowest BCUT2D eigenvalue weighted by Crippen LogP contribution is -2.26. The zero-order valence-corrected chi connectivity index (χ0v) is 21.7. The topological polar surface area (TPSA) is 41.1 Å². The van der Waals surface area contributed by atoms with Crippen molar-refractivity contribution in [1.82, 2.24) is 4.57 Å². The van der Waals surface area contributed by atoms with Crippen LogP contribution in [-0.4, -0.2) is 10.8 Å². The van der Waals surface area contributed by atoms with E-state index >= 15 is 0 Å². The molecule has 0 bridgehead atoms. The Morgan fingerprint density at radius 3 is 2.77 bits per heavy atom. The molecule has 0 aliphatic heterocycles. The van der Waals surface area contributed by atoms with Crippen molar-refractivity contribution >= 4 is 45.1 Å². The van der Waals surface area contributed by atoms with E-state index < -0.39 is 0 Å². The Balaban J connectivity index is 1.50. The number of fused-ring (bicyclic) bond motifs is 2. The number of rotatable bonds is 4. The molecular formula is C29H27ClFN3S. The standard InChI is InChI=1S/C29H27ClFN3S/c1-29(2,3)19-11-12-21-22(14-32)28(35-27(21)13-19)33-15-18-16-34(26-10-5-4-7-20(18)26)17-23-24(30)8-6-9-25(23)31/h4-10,15-16,19H,11-13,17H2,1-3H3/t19-/m1/s1. The number of nitriles is 1. The highest BCUT2D eigenvalue weighted by atomic mass is 35.5. The third-order valence-electron chi connectivity index (χ3n) is 7.11. The molecule has 178 valence electrons. The van der Waals surface area contributed by atoms with Gasteiger partial charge in [0.1, 0.15) is 16.9 Å². The van der Waals surface area contributed by atoms with Crippen LogP contribution in [0.1, 0.15) is 54.3 Å². The maximum Gasteiger partial charge on any atom is 0.134 e. The summed E-state index contributed by atoms with van der Waals surface area (Å²) in [6.45, 7) is 7.21. The maximum absolute atomic E-state index is 14.5. The molecule has 6 heteroatoms. The molecule has 0 saturated carbocycles. The largest absolute Gasteiger partial charge is 0.342 e. The fourth-order valence-corrected chi connectivity index (χ4v) is 6.45. The van der Waals surface area contributed by atoms with Gasteiger partial charge in [-0.1, -0.05) is 56.6 Å². The second kappa shape index (κ2) is 9.26. The Morgan fingerprint density at radius 1 is 1.23 bits per heavy atom. The molecule has 0 amide bonds. The first-order valence-electron chi connectivity index (χ1n) is 11.9. The Bertz CT molecular complexity index is 1460. The smallest absolute Gasteiger partial charge is 0.134 e. The number of nitrogens with zero attached hydrogens (tertiary/aromatic N) is 3. The number of halogens is 2. The van der Waals surface area contributed by atoms with Gasteiger partial charge in [0, 0.05) is 44.3 Å². The third-order valence-corrected chi connectivity index (χ3v) is 8.63. The average molecular weight is 504 g/mol. The van der Waals surface area contributed by atoms with E-state index in [-0.39, 0.29) is 11.2 Å². The lowest BCUT2D eigenvalue weighted by atomic mass is 9.72. The molecule has 3 nitrogen and oxygen atoms in total. The van der Waals surface area contributed by atoms with Crippen LogP contribution in [0.15, 0.2) is 53.7 Å². The molecule has 2 aromatic carbocycles. The quantitative estimate of drug-likeness (QED) is 0.258. The van der Waals surface area contributed by atoms with Crippen LogP contribution in [0, 0.1) is 28.5 Å². The second-order valence-corrected chi connectivity index (χ2v) is 11.8. The first kappa shape index (κ1) is 23.8. The molecule has 5 rings (SSSR count). The Morgan fingerprint density at radius 2 is 2.03 bits per heavy atom. The highest BCUT2D eigenvalue weighted by molar-refractivity contribution is 7.16. The lowest BCUT2D eigenvalue weighted by Gasteiger charge is -2.33. The first-order valence-corrected chi connectivity index (χ1v) is 13.0. The average Bonchev–Trinajstić information content (AvgIpc) is 3.36. The minimum atomic E-state index is -0.318. The van der Waals surface area contributed by atoms with E-state index in [1.807, 2.05) is 41.2 Å². The SMILES string of the molecule is CC(C)(C)[C@@H]1CCc2c(sc(N=Cc3cn(Cc4c(F)cccc4Cl)c4ccccc34)c2C#N)C1. The molecule has 0 saturated heterocycles. The van der Waals surface area contributed by atoms with Gasteiger partial charge >= 0.3 is 0 Å². The van der Waals surface area contributed by atoms with Crippen molar-refractivity contribution in [3.8, 4) is 6.07 Å². The lowest BCUT2D eigenvalue weighted by molar-refractivity contribution is 0.218. The van der Waals surface area contributed by atoms with Crippen LogP contribution in [0.25, 0.3) is 10.9 Å². The number of hydrogen-bond donors (Lipinski definition) is 0. The van der Waals surface area contributed by atoms with E-state index in [2.05, 4.69) is 26.8 Å². The molecule has 4 aromatic rings. The Kier molecular flexibility index (Phi) is 6.29. The predicted octanol–water partition coefficient (Wildman–Crippen LogP) is 8.32. The fourth-order valence-electron chi connectivity index (χ4n) is 5.01. The predicted molar refractivity (Wildman–Crippen MR) is 144 cm³/mol. The van der Waals surface area contributed by atoms with Gasteiger partial charge in [-0.05, 0) is 54.4 Å². The molecule has 0 spiro atoms. The molecular weight excluding hydrogens is 477 g/mol. The molecule has 0 fully saturated rings. The van der Waals surface area contributed by atoms with E-state index in [0.29, 0.717) is 23.0 Å². The van der Waals surface area contributed by atoms with Crippen molar-refractivity contribution in [2.24, 2.45) is 16.3 Å². The summed E-state index contributed by atoms with van der Waals surface area (Å²) in [6, 6.07) is 15.2. The molecule has 1 atom stereocenters. The van der Waals surface area contributed by atoms with Crippen LogP contribution in [0.3, 0.4) is 0 Å². The molecule has 1 aliphatic rings. The van der Waals surface area contributed by atoms with Crippen LogP contribution in [-0.2, 0) is 19.4 Å². The summed E-state index contributed by atoms with van der Waals surface area (Å²) in [4.78, 5) is 6.10. The van der Waals surface area contributed by atoms with Crippen molar-refractivity contribution in [2.45, 2.75) is 46.6 Å². The highest BCUT2D eigenvalue weighted by Gasteiger charge is 2.32. The van der Waals surface area contributed by atoms with E-state index in [4.69, 9.17) is 16.6 Å². The minimum absolute atomic E-state index is 0.251. The number of aromatic nitrogens is 1. The summed E-state index contributed by atoms with van der Waals surface area (Å²) in [7, 11) is 0. The molecule has 0 N–H and O–H groups in total. The van der Waals surface area contributed by atoms with Gasteiger partial charge in [0.2, 0.25) is 0 Å². The van der Waals surface area contributed by atoms with E-state index in [9.17, 15) is 9.65 Å². The van der Waals surface area contributed by atoms with Crippen LogP contribution in [0.5, 0.6) is 0 Å². The van der Waals surface area contributed by atoms with Crippen molar-refractivity contribution in [3.63, 3.8) is 0 Å². The van der Waals surface area contributed by atoms with Gasteiger partial charge in [0.25, 0.3) is 0 Å². The Labute approximate surface area is 214 Å². The van der Waals surface area contributed by atoms with Gasteiger partial charge in [-0.2, -0.15) is 5.26 Å². The van der Waals surface area contributed by atoms with Crippen molar-refractivity contribution in [3.05, 3.63) is 86.6 Å². The first-order chi connectivity index (χ1) is 16.8. The van der Waals surface area contributed by atoms with Gasteiger partial charge in [0.15, 0.2) is 0 Å².